The fraction of sp³-hybridized carbons (Fsp3) is 0.235. The molecule has 0 aromatic heterocycles. The van der Waals surface area contributed by atoms with Gasteiger partial charge in [0.15, 0.2) is 0 Å². The number of benzene rings is 2. The van der Waals surface area contributed by atoms with Gasteiger partial charge in [-0.05, 0) is 0 Å². The van der Waals surface area contributed by atoms with Crippen molar-refractivity contribution in [2.75, 3.05) is 0 Å². The van der Waals surface area contributed by atoms with Gasteiger partial charge in [-0.3, -0.25) is 0 Å². The predicted octanol–water partition coefficient (Wildman–Crippen LogP) is 5.38. The van der Waals surface area contributed by atoms with Crippen LogP contribution in [0.1, 0.15) is 22.3 Å². The summed E-state index contributed by atoms with van der Waals surface area (Å²) in [6, 6.07) is 0.692. The van der Waals surface area contributed by atoms with E-state index in [2.05, 4.69) is 5.36 Å². The van der Waals surface area contributed by atoms with Crippen LogP contribution < -0.4 is 8.79 Å². The van der Waals surface area contributed by atoms with Crippen molar-refractivity contribution >= 4 is 28.1 Å². The Bertz CT molecular complexity index is 819. The van der Waals surface area contributed by atoms with Crippen LogP contribution in [0.5, 0.6) is 0 Å². The van der Waals surface area contributed by atoms with Crippen LogP contribution in [0.3, 0.4) is 0 Å². The van der Waals surface area contributed by atoms with E-state index in [0.29, 0.717) is 0 Å². The van der Waals surface area contributed by atoms with Gasteiger partial charge in [0.25, 0.3) is 0 Å². The summed E-state index contributed by atoms with van der Waals surface area (Å²) in [7, 11) is 0. The Kier molecular flexibility index (Phi) is 6.16. The van der Waals surface area contributed by atoms with Crippen LogP contribution >= 0.6 is 0 Å². The third-order valence-electron chi connectivity index (χ3n) is 3.87. The Morgan fingerprint density at radius 1 is 0.433 bits per heavy atom. The summed E-state index contributed by atoms with van der Waals surface area (Å²) < 4.78 is 154. The second-order valence-electron chi connectivity index (χ2n) is 6.07. The summed E-state index contributed by atoms with van der Waals surface area (Å²) in [5.74, 6) is 0. The molecule has 13 heteroatoms. The van der Waals surface area contributed by atoms with E-state index < -0.39 is 69.7 Å². The Labute approximate surface area is 164 Å². The normalized spacial score (nSPS) is 13.5. The molecule has 0 N–H and O–H groups in total. The summed E-state index contributed by atoms with van der Waals surface area (Å²) in [6.45, 7) is 0. The molecular formula is C17H8F12Ge. The van der Waals surface area contributed by atoms with Crippen LogP contribution in [0.15, 0.2) is 36.4 Å². The van der Waals surface area contributed by atoms with Crippen molar-refractivity contribution in [3.63, 3.8) is 0 Å². The summed E-state index contributed by atoms with van der Waals surface area (Å²) in [4.78, 5) is 0. The quantitative estimate of drug-likeness (QED) is 0.374. The third kappa shape index (κ3) is 5.58. The summed E-state index contributed by atoms with van der Waals surface area (Å²) in [5, 5.41) is 3.37. The van der Waals surface area contributed by atoms with E-state index in [4.69, 9.17) is 0 Å². The fourth-order valence-electron chi connectivity index (χ4n) is 2.42. The van der Waals surface area contributed by atoms with Crippen molar-refractivity contribution in [3.8, 4) is 0 Å². The van der Waals surface area contributed by atoms with Gasteiger partial charge in [-0.1, -0.05) is 0 Å². The zero-order valence-electron chi connectivity index (χ0n) is 14.2. The number of rotatable bonds is 2. The standard InChI is InChI=1S/C17H8F12Ge/c1-30(12-4-8(14(18,19)20)2-9(5-12)15(21,22)23)13-6-10(16(24,25)26)3-11(7-13)17(27,28)29/h2-7H,1H2. The molecule has 0 fully saturated rings. The van der Waals surface area contributed by atoms with E-state index >= 15 is 0 Å². The first kappa shape index (κ1) is 24.3. The monoisotopic (exact) mass is 514 g/mol. The average molecular weight is 513 g/mol. The molecule has 0 saturated heterocycles. The van der Waals surface area contributed by atoms with E-state index in [9.17, 15) is 52.7 Å². The molecule has 2 rings (SSSR count). The predicted molar refractivity (Wildman–Crippen MR) is 85.0 cm³/mol. The summed E-state index contributed by atoms with van der Waals surface area (Å²) in [5.41, 5.74) is -6.93. The fourth-order valence-corrected chi connectivity index (χ4v) is 5.89. The molecule has 164 valence electrons. The van der Waals surface area contributed by atoms with Crippen LogP contribution in [0.25, 0.3) is 0 Å². The van der Waals surface area contributed by atoms with Gasteiger partial charge in [-0.15, -0.1) is 0 Å². The Morgan fingerprint density at radius 3 is 0.800 bits per heavy atom. The van der Waals surface area contributed by atoms with Crippen molar-refractivity contribution in [3.05, 3.63) is 58.7 Å². The minimum atomic E-state index is -5.22. The average Bonchev–Trinajstić information content (AvgIpc) is 2.57. The molecule has 0 radical (unpaired) electrons. The molecule has 2 aromatic carbocycles. The second-order valence-corrected chi connectivity index (χ2v) is 10.5. The van der Waals surface area contributed by atoms with Gasteiger partial charge in [-0.2, -0.15) is 0 Å². The van der Waals surface area contributed by atoms with Crippen LogP contribution in [-0.2, 0) is 24.7 Å². The first-order chi connectivity index (χ1) is 13.3. The van der Waals surface area contributed by atoms with E-state index in [1.165, 1.54) is 0 Å². The van der Waals surface area contributed by atoms with Crippen LogP contribution in [0.2, 0.25) is 0 Å². The molecule has 0 unspecified atom stereocenters. The van der Waals surface area contributed by atoms with Crippen molar-refractivity contribution in [1.82, 2.24) is 0 Å². The maximum atomic E-state index is 13.0. The molecule has 0 saturated carbocycles. The minimum absolute atomic E-state index is 0.192. The topological polar surface area (TPSA) is 0 Å². The zero-order valence-corrected chi connectivity index (χ0v) is 16.3. The molecule has 0 amide bonds. The molecule has 0 heterocycles. The molecule has 0 aliphatic rings. The molecule has 0 spiro atoms. The van der Waals surface area contributed by atoms with E-state index in [-0.39, 0.29) is 36.4 Å². The molecule has 0 aliphatic heterocycles. The van der Waals surface area contributed by atoms with E-state index in [1.807, 2.05) is 0 Å². The third-order valence-corrected chi connectivity index (χ3v) is 8.01. The van der Waals surface area contributed by atoms with Crippen molar-refractivity contribution in [2.24, 2.45) is 0 Å². The number of halogens is 12. The van der Waals surface area contributed by atoms with Crippen LogP contribution in [0.4, 0.5) is 52.7 Å². The van der Waals surface area contributed by atoms with E-state index in [1.54, 1.807) is 0 Å². The molecular weight excluding hydrogens is 505 g/mol. The second kappa shape index (κ2) is 7.61. The maximum absolute atomic E-state index is 13.0. The van der Waals surface area contributed by atoms with Gasteiger partial charge < -0.3 is 0 Å². The van der Waals surface area contributed by atoms with Crippen molar-refractivity contribution in [2.45, 2.75) is 24.7 Å². The zero-order chi connectivity index (χ0) is 23.3. The van der Waals surface area contributed by atoms with Gasteiger partial charge in [0.2, 0.25) is 0 Å². The van der Waals surface area contributed by atoms with Gasteiger partial charge >= 0.3 is 164 Å². The molecule has 30 heavy (non-hydrogen) atoms. The SMILES string of the molecule is [CH2]=[Ge]([c]1cc(C(F)(F)F)cc(C(F)(F)F)c1)[c]1cc(C(F)(F)F)cc(C(F)(F)F)c1. The molecule has 0 aliphatic carbocycles. The van der Waals surface area contributed by atoms with Gasteiger partial charge in [0, 0.05) is 0 Å². The first-order valence-corrected chi connectivity index (χ1v) is 11.2. The number of hydrogen-bond acceptors (Lipinski definition) is 0. The number of hydrogen-bond donors (Lipinski definition) is 0. The molecule has 2 aromatic rings. The summed E-state index contributed by atoms with van der Waals surface area (Å²) >= 11 is -3.90. The van der Waals surface area contributed by atoms with Gasteiger partial charge in [0.1, 0.15) is 0 Å². The molecule has 0 nitrogen and oxygen atoms in total. The Morgan fingerprint density at radius 2 is 0.633 bits per heavy atom. The Balaban J connectivity index is 2.73. The molecule has 0 atom stereocenters. The van der Waals surface area contributed by atoms with Crippen LogP contribution in [0, 0.1) is 0 Å². The molecule has 0 bridgehead atoms. The van der Waals surface area contributed by atoms with E-state index in [0.717, 1.165) is 0 Å². The van der Waals surface area contributed by atoms with Crippen molar-refractivity contribution < 1.29 is 52.7 Å². The summed E-state index contributed by atoms with van der Waals surface area (Å²) in [6.07, 6.45) is -20.9. The van der Waals surface area contributed by atoms with Crippen LogP contribution in [-0.4, -0.2) is 19.3 Å². The Hall–Kier alpha value is -1.99. The van der Waals surface area contributed by atoms with Crippen molar-refractivity contribution in [1.29, 1.82) is 0 Å². The number of alkyl halides is 12. The first-order valence-electron chi connectivity index (χ1n) is 7.59. The van der Waals surface area contributed by atoms with Gasteiger partial charge in [0.05, 0.1) is 0 Å². The van der Waals surface area contributed by atoms with Gasteiger partial charge in [-0.25, -0.2) is 0 Å².